The fourth-order valence-corrected chi connectivity index (χ4v) is 4.55. The van der Waals surface area contributed by atoms with Crippen molar-refractivity contribution in [2.45, 2.75) is 66.7 Å². The summed E-state index contributed by atoms with van der Waals surface area (Å²) >= 11 is 0. The fraction of sp³-hybridized carbons (Fsp3) is 0.824. The highest BCUT2D eigenvalue weighted by molar-refractivity contribution is 5.79. The zero-order valence-electron chi connectivity index (χ0n) is 12.7. The van der Waals surface area contributed by atoms with Gasteiger partial charge in [-0.15, -0.1) is 0 Å². The third-order valence-corrected chi connectivity index (χ3v) is 5.46. The maximum atomic E-state index is 11.9. The number of allylic oxidation sites excluding steroid dienone is 2. The molecule has 0 aliphatic heterocycles. The summed E-state index contributed by atoms with van der Waals surface area (Å²) in [6, 6.07) is 0. The Balaban J connectivity index is 2.44. The molecule has 0 aromatic rings. The SMILES string of the molecule is CC[C@H]1C2=C(CCCC2(C)C)CC(C(C)=O)[C@H]1C. The number of carbonyl (C=O) groups is 1. The molecule has 2 aliphatic rings. The summed E-state index contributed by atoms with van der Waals surface area (Å²) in [6.07, 6.45) is 6.10. The van der Waals surface area contributed by atoms with Crippen LogP contribution in [0.2, 0.25) is 0 Å². The Kier molecular flexibility index (Phi) is 3.71. The molecule has 0 saturated carbocycles. The van der Waals surface area contributed by atoms with E-state index in [-0.39, 0.29) is 5.92 Å². The van der Waals surface area contributed by atoms with Gasteiger partial charge in [0.2, 0.25) is 0 Å². The predicted molar refractivity (Wildman–Crippen MR) is 76.4 cm³/mol. The molecule has 0 N–H and O–H groups in total. The number of ketones is 1. The zero-order chi connectivity index (χ0) is 13.5. The Morgan fingerprint density at radius 1 is 1.39 bits per heavy atom. The minimum atomic E-state index is 0.280. The van der Waals surface area contributed by atoms with Gasteiger partial charge in [0.15, 0.2) is 0 Å². The van der Waals surface area contributed by atoms with Crippen LogP contribution in [0.3, 0.4) is 0 Å². The molecule has 2 rings (SSSR count). The summed E-state index contributed by atoms with van der Waals surface area (Å²) in [5.41, 5.74) is 3.72. The second-order valence-corrected chi connectivity index (χ2v) is 7.05. The number of rotatable bonds is 2. The molecule has 1 unspecified atom stereocenters. The van der Waals surface area contributed by atoms with Crippen LogP contribution in [-0.4, -0.2) is 5.78 Å². The Morgan fingerprint density at radius 2 is 2.06 bits per heavy atom. The van der Waals surface area contributed by atoms with Gasteiger partial charge in [0.25, 0.3) is 0 Å². The van der Waals surface area contributed by atoms with Crippen LogP contribution in [0, 0.1) is 23.2 Å². The van der Waals surface area contributed by atoms with E-state index in [9.17, 15) is 4.79 Å². The Labute approximate surface area is 112 Å². The lowest BCUT2D eigenvalue weighted by molar-refractivity contribution is -0.123. The number of hydrogen-bond donors (Lipinski definition) is 0. The van der Waals surface area contributed by atoms with Gasteiger partial charge >= 0.3 is 0 Å². The average molecular weight is 248 g/mol. The van der Waals surface area contributed by atoms with Gasteiger partial charge in [0.1, 0.15) is 5.78 Å². The highest BCUT2D eigenvalue weighted by Crippen LogP contribution is 2.53. The van der Waals surface area contributed by atoms with Crippen LogP contribution in [0.1, 0.15) is 66.7 Å². The molecule has 1 heteroatoms. The molecule has 0 amide bonds. The lowest BCUT2D eigenvalue weighted by Gasteiger charge is -2.47. The summed E-state index contributed by atoms with van der Waals surface area (Å²) < 4.78 is 0. The molecular formula is C17H28O. The van der Waals surface area contributed by atoms with Crippen molar-refractivity contribution >= 4 is 5.78 Å². The predicted octanol–water partition coefficient (Wildman–Crippen LogP) is 4.76. The molecule has 0 bridgehead atoms. The Bertz CT molecular complexity index is 375. The molecule has 3 atom stereocenters. The van der Waals surface area contributed by atoms with Gasteiger partial charge in [-0.05, 0) is 56.3 Å². The zero-order valence-corrected chi connectivity index (χ0v) is 12.7. The van der Waals surface area contributed by atoms with Gasteiger partial charge in [-0.1, -0.05) is 38.8 Å². The first kappa shape index (κ1) is 13.8. The smallest absolute Gasteiger partial charge is 0.133 e. The molecule has 102 valence electrons. The van der Waals surface area contributed by atoms with Gasteiger partial charge in [0.05, 0.1) is 0 Å². The van der Waals surface area contributed by atoms with E-state index in [1.54, 1.807) is 18.1 Å². The summed E-state index contributed by atoms with van der Waals surface area (Å²) in [5.74, 6) is 1.85. The maximum absolute atomic E-state index is 11.9. The standard InChI is InChI=1S/C17H28O/c1-6-14-11(2)15(12(3)18)10-13-8-7-9-17(4,5)16(13)14/h11,14-15H,6-10H2,1-5H3/t11-,14+,15?/m0/s1. The summed E-state index contributed by atoms with van der Waals surface area (Å²) in [4.78, 5) is 11.9. The van der Waals surface area contributed by atoms with Crippen molar-refractivity contribution in [1.82, 2.24) is 0 Å². The van der Waals surface area contributed by atoms with Gasteiger partial charge in [-0.25, -0.2) is 0 Å². The summed E-state index contributed by atoms with van der Waals surface area (Å²) in [7, 11) is 0. The van der Waals surface area contributed by atoms with Gasteiger partial charge < -0.3 is 0 Å². The number of Topliss-reactive ketones (excluding diaryl/α,β-unsaturated/α-hetero) is 1. The van der Waals surface area contributed by atoms with Gasteiger partial charge in [-0.3, -0.25) is 4.79 Å². The maximum Gasteiger partial charge on any atom is 0.133 e. The highest BCUT2D eigenvalue weighted by Gasteiger charge is 2.43. The van der Waals surface area contributed by atoms with E-state index in [4.69, 9.17) is 0 Å². The van der Waals surface area contributed by atoms with E-state index in [1.165, 1.54) is 25.7 Å². The topological polar surface area (TPSA) is 17.1 Å². The van der Waals surface area contributed by atoms with Crippen LogP contribution in [0.15, 0.2) is 11.1 Å². The molecule has 0 fully saturated rings. The van der Waals surface area contributed by atoms with E-state index in [0.29, 0.717) is 23.0 Å². The third kappa shape index (κ3) is 2.17. The normalized spacial score (nSPS) is 35.3. The lowest BCUT2D eigenvalue weighted by Crippen LogP contribution is -2.38. The van der Waals surface area contributed by atoms with Crippen molar-refractivity contribution in [2.75, 3.05) is 0 Å². The van der Waals surface area contributed by atoms with Crippen molar-refractivity contribution in [3.05, 3.63) is 11.1 Å². The van der Waals surface area contributed by atoms with Crippen molar-refractivity contribution in [1.29, 1.82) is 0 Å². The van der Waals surface area contributed by atoms with Crippen molar-refractivity contribution in [2.24, 2.45) is 23.2 Å². The minimum Gasteiger partial charge on any atom is -0.300 e. The molecule has 0 aromatic heterocycles. The monoisotopic (exact) mass is 248 g/mol. The fourth-order valence-electron chi connectivity index (χ4n) is 4.55. The molecule has 18 heavy (non-hydrogen) atoms. The molecule has 0 spiro atoms. The first-order valence-electron chi connectivity index (χ1n) is 7.61. The average Bonchev–Trinajstić information content (AvgIpc) is 2.28. The molecular weight excluding hydrogens is 220 g/mol. The Hall–Kier alpha value is -0.590. The molecule has 0 radical (unpaired) electrons. The van der Waals surface area contributed by atoms with Crippen LogP contribution >= 0.6 is 0 Å². The van der Waals surface area contributed by atoms with Crippen LogP contribution in [0.5, 0.6) is 0 Å². The largest absolute Gasteiger partial charge is 0.300 e. The van der Waals surface area contributed by atoms with Crippen LogP contribution in [-0.2, 0) is 4.79 Å². The molecule has 2 aliphatic carbocycles. The van der Waals surface area contributed by atoms with Gasteiger partial charge in [-0.2, -0.15) is 0 Å². The molecule has 1 nitrogen and oxygen atoms in total. The first-order valence-corrected chi connectivity index (χ1v) is 7.61. The number of carbonyl (C=O) groups excluding carboxylic acids is 1. The molecule has 0 heterocycles. The van der Waals surface area contributed by atoms with Crippen molar-refractivity contribution in [3.63, 3.8) is 0 Å². The molecule has 0 saturated heterocycles. The second kappa shape index (κ2) is 4.83. The quantitative estimate of drug-likeness (QED) is 0.644. The van der Waals surface area contributed by atoms with Crippen LogP contribution in [0.25, 0.3) is 0 Å². The van der Waals surface area contributed by atoms with E-state index in [1.807, 2.05) is 0 Å². The van der Waals surface area contributed by atoms with Crippen LogP contribution < -0.4 is 0 Å². The van der Waals surface area contributed by atoms with E-state index >= 15 is 0 Å². The minimum absolute atomic E-state index is 0.280. The van der Waals surface area contributed by atoms with Crippen molar-refractivity contribution in [3.8, 4) is 0 Å². The van der Waals surface area contributed by atoms with E-state index < -0.39 is 0 Å². The number of hydrogen-bond acceptors (Lipinski definition) is 1. The Morgan fingerprint density at radius 3 is 2.61 bits per heavy atom. The van der Waals surface area contributed by atoms with E-state index in [2.05, 4.69) is 27.7 Å². The van der Waals surface area contributed by atoms with Gasteiger partial charge in [0, 0.05) is 5.92 Å². The summed E-state index contributed by atoms with van der Waals surface area (Å²) in [5, 5.41) is 0. The lowest BCUT2D eigenvalue weighted by atomic mass is 9.57. The van der Waals surface area contributed by atoms with Crippen molar-refractivity contribution < 1.29 is 4.79 Å². The first-order chi connectivity index (χ1) is 8.38. The van der Waals surface area contributed by atoms with Crippen LogP contribution in [0.4, 0.5) is 0 Å². The molecule has 0 aromatic carbocycles. The third-order valence-electron chi connectivity index (χ3n) is 5.46. The summed E-state index contributed by atoms with van der Waals surface area (Å²) in [6.45, 7) is 11.2. The highest BCUT2D eigenvalue weighted by atomic mass is 16.1. The van der Waals surface area contributed by atoms with E-state index in [0.717, 1.165) is 6.42 Å². The second-order valence-electron chi connectivity index (χ2n) is 7.05.